The average Bonchev–Trinajstić information content (AvgIpc) is 2.66. The van der Waals surface area contributed by atoms with Gasteiger partial charge in [-0.25, -0.2) is 5.48 Å². The van der Waals surface area contributed by atoms with Crippen LogP contribution in [0.3, 0.4) is 0 Å². The van der Waals surface area contributed by atoms with Gasteiger partial charge in [-0.1, -0.05) is 63.2 Å². The third kappa shape index (κ3) is 4.37. The largest absolute Gasteiger partial charge is 0.371 e. The first-order valence-corrected chi connectivity index (χ1v) is 9.05. The minimum Gasteiger partial charge on any atom is -0.371 e. The third-order valence-electron chi connectivity index (χ3n) is 4.80. The molecule has 0 bridgehead atoms. The van der Waals surface area contributed by atoms with E-state index in [0.29, 0.717) is 18.9 Å². The molecule has 142 valence electrons. The molecule has 0 spiro atoms. The Balaban J connectivity index is 1.90. The van der Waals surface area contributed by atoms with Crippen molar-refractivity contribution in [1.29, 1.82) is 0 Å². The second-order valence-corrected chi connectivity index (χ2v) is 8.05. The molecule has 0 amide bonds. The molecular formula is C22H26N2O3. The van der Waals surface area contributed by atoms with E-state index >= 15 is 0 Å². The quantitative estimate of drug-likeness (QED) is 0.657. The molecule has 5 heteroatoms. The Hall–Kier alpha value is -2.66. The Morgan fingerprint density at radius 2 is 1.89 bits per heavy atom. The zero-order valence-electron chi connectivity index (χ0n) is 16.3. The number of rotatable bonds is 4. The van der Waals surface area contributed by atoms with Crippen LogP contribution in [0.25, 0.3) is 11.1 Å². The molecule has 0 saturated heterocycles. The lowest BCUT2D eigenvalue weighted by Gasteiger charge is -2.31. The second kappa shape index (κ2) is 7.53. The summed E-state index contributed by atoms with van der Waals surface area (Å²) >= 11 is 0. The van der Waals surface area contributed by atoms with Crippen LogP contribution >= 0.6 is 0 Å². The smallest absolute Gasteiger partial charge is 0.320 e. The first-order valence-electron chi connectivity index (χ1n) is 9.05. The fourth-order valence-electron chi connectivity index (χ4n) is 3.20. The second-order valence-electron chi connectivity index (χ2n) is 8.05. The van der Waals surface area contributed by atoms with Crippen LogP contribution in [0.15, 0.2) is 53.5 Å². The van der Waals surface area contributed by atoms with E-state index < -0.39 is 5.54 Å². The highest BCUT2D eigenvalue weighted by molar-refractivity contribution is 5.84. The summed E-state index contributed by atoms with van der Waals surface area (Å²) < 4.78 is 5.66. The number of carbonyl (C=O) groups is 1. The van der Waals surface area contributed by atoms with Crippen molar-refractivity contribution >= 4 is 12.3 Å². The number of carbonyl (C=O) groups excluding carboxylic acids is 1. The van der Waals surface area contributed by atoms with Gasteiger partial charge in [-0.15, -0.1) is 0 Å². The fourth-order valence-corrected chi connectivity index (χ4v) is 3.20. The van der Waals surface area contributed by atoms with E-state index in [4.69, 9.17) is 9.73 Å². The summed E-state index contributed by atoms with van der Waals surface area (Å²) in [6.45, 7) is 9.73. The van der Waals surface area contributed by atoms with Crippen molar-refractivity contribution in [3.63, 3.8) is 0 Å². The maximum Gasteiger partial charge on any atom is 0.320 e. The van der Waals surface area contributed by atoms with Crippen LogP contribution < -0.4 is 5.48 Å². The standard InChI is InChI=1S/C22H26N2O3/c1-21(2,3)18-10-8-16(9-11-18)17-6-5-7-19(12-17)22(4)14-26-13-20(23-22)24-27-15-25/h5-12,15H,13-14H2,1-4H3,(H,23,24). The van der Waals surface area contributed by atoms with Crippen molar-refractivity contribution < 1.29 is 14.4 Å². The van der Waals surface area contributed by atoms with E-state index in [1.54, 1.807) is 0 Å². The van der Waals surface area contributed by atoms with Gasteiger partial charge in [-0.05, 0) is 40.7 Å². The van der Waals surface area contributed by atoms with E-state index in [0.717, 1.165) is 16.7 Å². The van der Waals surface area contributed by atoms with Crippen LogP contribution in [-0.2, 0) is 25.3 Å². The molecule has 1 N–H and O–H groups in total. The van der Waals surface area contributed by atoms with Crippen molar-refractivity contribution in [3.8, 4) is 11.1 Å². The molecule has 1 heterocycles. The molecule has 0 radical (unpaired) electrons. The molecule has 1 aliphatic heterocycles. The Morgan fingerprint density at radius 3 is 2.56 bits per heavy atom. The van der Waals surface area contributed by atoms with Crippen molar-refractivity contribution in [2.75, 3.05) is 13.2 Å². The Kier molecular flexibility index (Phi) is 5.33. The SMILES string of the molecule is CC(C)(C)c1ccc(-c2cccc(C3(C)COCC(NOC=O)=N3)c2)cc1. The lowest BCUT2D eigenvalue weighted by molar-refractivity contribution is -0.132. The van der Waals surface area contributed by atoms with Crippen LogP contribution in [0.2, 0.25) is 0 Å². The van der Waals surface area contributed by atoms with Crippen molar-refractivity contribution in [3.05, 3.63) is 59.7 Å². The van der Waals surface area contributed by atoms with E-state index in [-0.39, 0.29) is 12.0 Å². The Labute approximate surface area is 160 Å². The zero-order valence-corrected chi connectivity index (χ0v) is 16.3. The number of nitrogens with zero attached hydrogens (tertiary/aromatic N) is 1. The predicted molar refractivity (Wildman–Crippen MR) is 106 cm³/mol. The summed E-state index contributed by atoms with van der Waals surface area (Å²) in [6, 6.07) is 17.0. The number of hydroxylamine groups is 1. The summed E-state index contributed by atoms with van der Waals surface area (Å²) in [5, 5.41) is 0. The first kappa shape index (κ1) is 19.1. The van der Waals surface area contributed by atoms with Crippen LogP contribution in [-0.4, -0.2) is 25.5 Å². The number of amidine groups is 1. The maximum atomic E-state index is 10.4. The number of hydrogen-bond donors (Lipinski definition) is 1. The summed E-state index contributed by atoms with van der Waals surface area (Å²) in [7, 11) is 0. The molecule has 1 aliphatic rings. The van der Waals surface area contributed by atoms with E-state index in [2.05, 4.69) is 67.5 Å². The average molecular weight is 366 g/mol. The van der Waals surface area contributed by atoms with Crippen LogP contribution in [0.5, 0.6) is 0 Å². The van der Waals surface area contributed by atoms with Crippen molar-refractivity contribution in [2.24, 2.45) is 4.99 Å². The molecule has 0 saturated carbocycles. The molecule has 2 aromatic rings. The van der Waals surface area contributed by atoms with Crippen LogP contribution in [0, 0.1) is 0 Å². The molecule has 0 fully saturated rings. The minimum absolute atomic E-state index is 0.134. The lowest BCUT2D eigenvalue weighted by Crippen LogP contribution is -2.40. The summed E-state index contributed by atoms with van der Waals surface area (Å²) in [6.07, 6.45) is 0. The van der Waals surface area contributed by atoms with E-state index in [1.165, 1.54) is 5.56 Å². The number of nitrogens with one attached hydrogen (secondary N) is 1. The highest BCUT2D eigenvalue weighted by atomic mass is 16.7. The highest BCUT2D eigenvalue weighted by Crippen LogP contribution is 2.32. The van der Waals surface area contributed by atoms with Crippen molar-refractivity contribution in [2.45, 2.75) is 38.6 Å². The molecule has 1 unspecified atom stereocenters. The van der Waals surface area contributed by atoms with Crippen molar-refractivity contribution in [1.82, 2.24) is 5.48 Å². The van der Waals surface area contributed by atoms with Gasteiger partial charge in [0.2, 0.25) is 0 Å². The van der Waals surface area contributed by atoms with Gasteiger partial charge in [0.1, 0.15) is 12.1 Å². The monoisotopic (exact) mass is 366 g/mol. The molecule has 0 aromatic heterocycles. The highest BCUT2D eigenvalue weighted by Gasteiger charge is 2.31. The summed E-state index contributed by atoms with van der Waals surface area (Å²) in [5.74, 6) is 0.496. The van der Waals surface area contributed by atoms with Gasteiger partial charge >= 0.3 is 6.47 Å². The van der Waals surface area contributed by atoms with Gasteiger partial charge in [0.05, 0.1) is 6.61 Å². The lowest BCUT2D eigenvalue weighted by atomic mass is 9.85. The normalized spacial score (nSPS) is 19.9. The number of ether oxygens (including phenoxy) is 1. The maximum absolute atomic E-state index is 10.4. The molecule has 1 atom stereocenters. The van der Waals surface area contributed by atoms with Gasteiger partial charge in [0.25, 0.3) is 0 Å². The summed E-state index contributed by atoms with van der Waals surface area (Å²) in [4.78, 5) is 19.7. The van der Waals surface area contributed by atoms with Gasteiger partial charge in [-0.2, -0.15) is 0 Å². The van der Waals surface area contributed by atoms with E-state index in [1.807, 2.05) is 19.1 Å². The third-order valence-corrected chi connectivity index (χ3v) is 4.80. The van der Waals surface area contributed by atoms with Gasteiger partial charge < -0.3 is 9.57 Å². The number of benzene rings is 2. The summed E-state index contributed by atoms with van der Waals surface area (Å²) in [5.41, 5.74) is 6.76. The molecular weight excluding hydrogens is 340 g/mol. The molecule has 5 nitrogen and oxygen atoms in total. The number of aliphatic imine (C=N–C) groups is 1. The van der Waals surface area contributed by atoms with Gasteiger partial charge in [-0.3, -0.25) is 9.79 Å². The van der Waals surface area contributed by atoms with Crippen LogP contribution in [0.4, 0.5) is 0 Å². The Bertz CT molecular complexity index is 837. The number of hydrogen-bond acceptors (Lipinski definition) is 5. The predicted octanol–water partition coefficient (Wildman–Crippen LogP) is 3.97. The topological polar surface area (TPSA) is 59.9 Å². The van der Waals surface area contributed by atoms with Crippen LogP contribution in [0.1, 0.15) is 38.8 Å². The van der Waals surface area contributed by atoms with Gasteiger partial charge in [0.15, 0.2) is 5.84 Å². The van der Waals surface area contributed by atoms with Gasteiger partial charge in [0, 0.05) is 0 Å². The fraction of sp³-hybridized carbons (Fsp3) is 0.364. The first-order chi connectivity index (χ1) is 12.8. The molecule has 2 aromatic carbocycles. The Morgan fingerprint density at radius 1 is 1.15 bits per heavy atom. The molecule has 27 heavy (non-hydrogen) atoms. The molecule has 0 aliphatic carbocycles. The molecule has 3 rings (SSSR count). The zero-order chi connectivity index (χ0) is 19.5. The van der Waals surface area contributed by atoms with E-state index in [9.17, 15) is 4.79 Å². The minimum atomic E-state index is -0.547.